The number of hydrogen-bond acceptors (Lipinski definition) is 5. The molecule has 0 aliphatic rings. The number of nitrogens with one attached hydrogen (secondary N) is 1. The maximum atomic E-state index is 13.4. The molecule has 0 saturated heterocycles. The monoisotopic (exact) mass is 517 g/mol. The van der Waals surface area contributed by atoms with Gasteiger partial charge in [-0.15, -0.1) is 0 Å². The van der Waals surface area contributed by atoms with E-state index >= 15 is 0 Å². The first-order chi connectivity index (χ1) is 17.1. The van der Waals surface area contributed by atoms with Crippen LogP contribution < -0.4 is 14.4 Å². The lowest BCUT2D eigenvalue weighted by molar-refractivity contribution is -0.140. The standard InChI is InChI=1S/C27H39N3O5S/c1-6-7-17-28-27(32)22(3)29(20-23-13-10-14-24(19-23)35-4)26(31)16-11-18-30(36(5,33)34)25-15-9-8-12-21(25)2/h8-10,12-15,19,22H,6-7,11,16-18,20H2,1-5H3,(H,28,32)/t22-/m0/s1. The summed E-state index contributed by atoms with van der Waals surface area (Å²) in [5, 5.41) is 2.90. The minimum absolute atomic E-state index is 0.106. The van der Waals surface area contributed by atoms with Crippen LogP contribution in [0.1, 0.15) is 50.7 Å². The molecule has 36 heavy (non-hydrogen) atoms. The number of nitrogens with zero attached hydrogens (tertiary/aromatic N) is 2. The van der Waals surface area contributed by atoms with Crippen molar-refractivity contribution in [1.29, 1.82) is 0 Å². The highest BCUT2D eigenvalue weighted by Gasteiger charge is 2.26. The van der Waals surface area contributed by atoms with Gasteiger partial charge in [0.05, 0.1) is 19.1 Å². The van der Waals surface area contributed by atoms with Crippen LogP contribution >= 0.6 is 0 Å². The Balaban J connectivity index is 2.17. The molecule has 2 rings (SSSR count). The predicted octanol–water partition coefficient (Wildman–Crippen LogP) is 3.88. The van der Waals surface area contributed by atoms with Gasteiger partial charge < -0.3 is 15.0 Å². The second-order valence-electron chi connectivity index (χ2n) is 8.92. The number of methoxy groups -OCH3 is 1. The summed E-state index contributed by atoms with van der Waals surface area (Å²) < 4.78 is 31.6. The molecule has 0 aliphatic carbocycles. The van der Waals surface area contributed by atoms with E-state index in [1.807, 2.05) is 50.2 Å². The van der Waals surface area contributed by atoms with Crippen molar-refractivity contribution in [3.63, 3.8) is 0 Å². The molecule has 0 radical (unpaired) electrons. The molecule has 2 aromatic rings. The Morgan fingerprint density at radius 2 is 1.81 bits per heavy atom. The van der Waals surface area contributed by atoms with Crippen LogP contribution in [-0.2, 0) is 26.2 Å². The lowest BCUT2D eigenvalue weighted by atomic mass is 10.1. The molecule has 0 fully saturated rings. The average Bonchev–Trinajstić information content (AvgIpc) is 2.84. The smallest absolute Gasteiger partial charge is 0.242 e. The van der Waals surface area contributed by atoms with Gasteiger partial charge in [-0.05, 0) is 56.0 Å². The maximum Gasteiger partial charge on any atom is 0.242 e. The zero-order valence-electron chi connectivity index (χ0n) is 22.0. The molecule has 1 N–H and O–H groups in total. The summed E-state index contributed by atoms with van der Waals surface area (Å²) in [6.07, 6.45) is 3.41. The van der Waals surface area contributed by atoms with E-state index in [1.165, 1.54) is 10.6 Å². The lowest BCUT2D eigenvalue weighted by Crippen LogP contribution is -2.48. The van der Waals surface area contributed by atoms with Crippen LogP contribution in [0.3, 0.4) is 0 Å². The summed E-state index contributed by atoms with van der Waals surface area (Å²) in [6.45, 7) is 6.58. The highest BCUT2D eigenvalue weighted by Crippen LogP contribution is 2.23. The van der Waals surface area contributed by atoms with Crippen LogP contribution in [0.4, 0.5) is 5.69 Å². The molecule has 8 nitrogen and oxygen atoms in total. The van der Waals surface area contributed by atoms with E-state index in [2.05, 4.69) is 5.32 Å². The zero-order chi connectivity index (χ0) is 26.7. The van der Waals surface area contributed by atoms with E-state index in [0.717, 1.165) is 24.0 Å². The van der Waals surface area contributed by atoms with Crippen molar-refractivity contribution in [3.05, 3.63) is 59.7 Å². The largest absolute Gasteiger partial charge is 0.497 e. The third-order valence-electron chi connectivity index (χ3n) is 6.02. The number of rotatable bonds is 14. The SMILES string of the molecule is CCCCNC(=O)[C@H](C)N(Cc1cccc(OC)c1)C(=O)CCCN(c1ccccc1C)S(C)(=O)=O. The summed E-state index contributed by atoms with van der Waals surface area (Å²) in [6, 6.07) is 14.0. The Labute approximate surface area is 215 Å². The quantitative estimate of drug-likeness (QED) is 0.384. The van der Waals surface area contributed by atoms with Crippen molar-refractivity contribution >= 4 is 27.5 Å². The number of carbonyl (C=O) groups is 2. The number of aryl methyl sites for hydroxylation is 1. The van der Waals surface area contributed by atoms with E-state index in [4.69, 9.17) is 4.74 Å². The lowest BCUT2D eigenvalue weighted by Gasteiger charge is -2.29. The van der Waals surface area contributed by atoms with Crippen LogP contribution in [0.2, 0.25) is 0 Å². The van der Waals surface area contributed by atoms with Gasteiger partial charge in [0.25, 0.3) is 0 Å². The molecular weight excluding hydrogens is 478 g/mol. The van der Waals surface area contributed by atoms with Gasteiger partial charge in [0.1, 0.15) is 11.8 Å². The first-order valence-corrected chi connectivity index (χ1v) is 14.2. The summed E-state index contributed by atoms with van der Waals surface area (Å²) in [4.78, 5) is 27.7. The van der Waals surface area contributed by atoms with Crippen molar-refractivity contribution in [2.45, 2.75) is 59.0 Å². The molecule has 0 spiro atoms. The number of sulfonamides is 1. The van der Waals surface area contributed by atoms with Crippen molar-refractivity contribution in [2.24, 2.45) is 0 Å². The Bertz CT molecular complexity index is 1120. The topological polar surface area (TPSA) is 96.0 Å². The van der Waals surface area contributed by atoms with Crippen LogP contribution in [-0.4, -0.2) is 57.6 Å². The fraction of sp³-hybridized carbons (Fsp3) is 0.481. The Kier molecular flexibility index (Phi) is 11.2. The molecule has 0 heterocycles. The first-order valence-electron chi connectivity index (χ1n) is 12.3. The van der Waals surface area contributed by atoms with Crippen molar-refractivity contribution in [2.75, 3.05) is 30.8 Å². The van der Waals surface area contributed by atoms with Crippen LogP contribution in [0.25, 0.3) is 0 Å². The maximum absolute atomic E-state index is 13.4. The summed E-state index contributed by atoms with van der Waals surface area (Å²) >= 11 is 0. The predicted molar refractivity (Wildman–Crippen MR) is 144 cm³/mol. The fourth-order valence-corrected chi connectivity index (χ4v) is 4.93. The number of para-hydroxylation sites is 1. The van der Waals surface area contributed by atoms with Gasteiger partial charge in [-0.1, -0.05) is 43.7 Å². The third-order valence-corrected chi connectivity index (χ3v) is 7.20. The van der Waals surface area contributed by atoms with Gasteiger partial charge in [-0.3, -0.25) is 13.9 Å². The van der Waals surface area contributed by atoms with E-state index in [1.54, 1.807) is 31.1 Å². The fourth-order valence-electron chi connectivity index (χ4n) is 3.91. The molecule has 0 unspecified atom stereocenters. The van der Waals surface area contributed by atoms with E-state index < -0.39 is 16.1 Å². The number of unbranched alkanes of at least 4 members (excludes halogenated alkanes) is 1. The normalized spacial score (nSPS) is 12.0. The summed E-state index contributed by atoms with van der Waals surface area (Å²) in [5.74, 6) is 0.244. The number of carbonyl (C=O) groups excluding carboxylic acids is 2. The third kappa shape index (κ3) is 8.55. The molecule has 2 aromatic carbocycles. The molecule has 0 saturated carbocycles. The highest BCUT2D eigenvalue weighted by molar-refractivity contribution is 7.92. The minimum atomic E-state index is -3.53. The molecule has 0 aromatic heterocycles. The number of benzene rings is 2. The Morgan fingerprint density at radius 3 is 2.44 bits per heavy atom. The molecule has 0 aliphatic heterocycles. The van der Waals surface area contributed by atoms with Crippen LogP contribution in [0.5, 0.6) is 5.75 Å². The Morgan fingerprint density at radius 1 is 1.08 bits per heavy atom. The Hall–Kier alpha value is -3.07. The van der Waals surface area contributed by atoms with Crippen molar-refractivity contribution < 1.29 is 22.7 Å². The number of anilines is 1. The molecule has 9 heteroatoms. The summed E-state index contributed by atoms with van der Waals surface area (Å²) in [5.41, 5.74) is 2.28. The van der Waals surface area contributed by atoms with Gasteiger partial charge in [0.2, 0.25) is 21.8 Å². The second-order valence-corrected chi connectivity index (χ2v) is 10.8. The average molecular weight is 518 g/mol. The van der Waals surface area contributed by atoms with E-state index in [9.17, 15) is 18.0 Å². The minimum Gasteiger partial charge on any atom is -0.497 e. The van der Waals surface area contributed by atoms with Gasteiger partial charge >= 0.3 is 0 Å². The molecule has 0 bridgehead atoms. The number of hydrogen-bond donors (Lipinski definition) is 1. The second kappa shape index (κ2) is 13.9. The molecule has 1 atom stereocenters. The van der Waals surface area contributed by atoms with Crippen molar-refractivity contribution in [3.8, 4) is 5.75 Å². The van der Waals surface area contributed by atoms with Gasteiger partial charge in [0.15, 0.2) is 0 Å². The number of ether oxygens (including phenoxy) is 1. The first kappa shape index (κ1) is 29.2. The molecule has 2 amide bonds. The zero-order valence-corrected chi connectivity index (χ0v) is 22.8. The van der Waals surface area contributed by atoms with Gasteiger partial charge in [0, 0.05) is 26.1 Å². The van der Waals surface area contributed by atoms with Crippen LogP contribution in [0.15, 0.2) is 48.5 Å². The van der Waals surface area contributed by atoms with E-state index in [0.29, 0.717) is 24.4 Å². The van der Waals surface area contributed by atoms with Crippen LogP contribution in [0, 0.1) is 6.92 Å². The van der Waals surface area contributed by atoms with Gasteiger partial charge in [-0.2, -0.15) is 0 Å². The van der Waals surface area contributed by atoms with Gasteiger partial charge in [-0.25, -0.2) is 8.42 Å². The van der Waals surface area contributed by atoms with E-state index in [-0.39, 0.29) is 31.3 Å². The highest BCUT2D eigenvalue weighted by atomic mass is 32.2. The molecular formula is C27H39N3O5S. The summed E-state index contributed by atoms with van der Waals surface area (Å²) in [7, 11) is -1.95. The number of amides is 2. The molecule has 198 valence electrons. The van der Waals surface area contributed by atoms with Crippen molar-refractivity contribution in [1.82, 2.24) is 10.2 Å².